The number of benzene rings is 2. The Kier molecular flexibility index (Phi) is 3.99. The summed E-state index contributed by atoms with van der Waals surface area (Å²) in [5.41, 5.74) is 2.79. The fraction of sp³-hybridized carbons (Fsp3) is 0.350. The van der Waals surface area contributed by atoms with Crippen LogP contribution in [0.5, 0.6) is 17.2 Å². The minimum atomic E-state index is -0.528. The summed E-state index contributed by atoms with van der Waals surface area (Å²) in [6.45, 7) is 4.49. The third kappa shape index (κ3) is 3.02. The maximum atomic E-state index is 12.7. The Morgan fingerprint density at radius 3 is 2.80 bits per heavy atom. The number of para-hydroxylation sites is 1. The molecule has 25 heavy (non-hydrogen) atoms. The molecule has 0 saturated heterocycles. The van der Waals surface area contributed by atoms with Crippen LogP contribution in [0.4, 0.5) is 5.69 Å². The van der Waals surface area contributed by atoms with Crippen molar-refractivity contribution in [3.63, 3.8) is 0 Å². The lowest BCUT2D eigenvalue weighted by Crippen LogP contribution is -2.31. The van der Waals surface area contributed by atoms with Crippen LogP contribution in [0.25, 0.3) is 0 Å². The molecule has 2 aliphatic rings. The molecule has 0 aromatic heterocycles. The van der Waals surface area contributed by atoms with Crippen LogP contribution in [0.1, 0.15) is 25.0 Å². The van der Waals surface area contributed by atoms with Crippen LogP contribution in [0, 0.1) is 0 Å². The lowest BCUT2D eigenvalue weighted by molar-refractivity contribution is -0.122. The Balaban J connectivity index is 1.54. The molecule has 1 N–H and O–H groups in total. The molecule has 0 bridgehead atoms. The van der Waals surface area contributed by atoms with E-state index in [-0.39, 0.29) is 12.0 Å². The van der Waals surface area contributed by atoms with Crippen molar-refractivity contribution in [3.05, 3.63) is 47.5 Å². The predicted molar refractivity (Wildman–Crippen MR) is 94.6 cm³/mol. The number of carbonyl (C=O) groups is 1. The summed E-state index contributed by atoms with van der Waals surface area (Å²) in [5, 5.41) is 2.95. The van der Waals surface area contributed by atoms with Gasteiger partial charge in [0.15, 0.2) is 6.10 Å². The number of ether oxygens (including phenoxy) is 3. The number of amides is 1. The molecule has 0 spiro atoms. The Labute approximate surface area is 146 Å². The van der Waals surface area contributed by atoms with Gasteiger partial charge in [-0.05, 0) is 31.5 Å². The number of hydrogen-bond acceptors (Lipinski definition) is 4. The molecule has 2 aliphatic heterocycles. The first-order valence-corrected chi connectivity index (χ1v) is 8.66. The van der Waals surface area contributed by atoms with Gasteiger partial charge in [-0.1, -0.05) is 18.2 Å². The average Bonchev–Trinajstić information content (AvgIpc) is 3.17. The Morgan fingerprint density at radius 1 is 1.16 bits per heavy atom. The highest BCUT2D eigenvalue weighted by Gasteiger charge is 2.30. The molecule has 130 valence electrons. The molecule has 0 fully saturated rings. The predicted octanol–water partition coefficient (Wildman–Crippen LogP) is 3.35. The van der Waals surface area contributed by atoms with Crippen molar-refractivity contribution in [2.75, 3.05) is 11.9 Å². The Hall–Kier alpha value is -2.69. The van der Waals surface area contributed by atoms with Crippen LogP contribution in [0.15, 0.2) is 36.4 Å². The molecular weight excluding hydrogens is 318 g/mol. The quantitative estimate of drug-likeness (QED) is 0.928. The molecule has 5 nitrogen and oxygen atoms in total. The Bertz CT molecular complexity index is 792. The molecule has 0 unspecified atom stereocenters. The fourth-order valence-electron chi connectivity index (χ4n) is 3.35. The summed E-state index contributed by atoms with van der Waals surface area (Å²) in [6.07, 6.45) is 1.04. The molecular formula is C20H21NO4. The van der Waals surface area contributed by atoms with E-state index >= 15 is 0 Å². The molecule has 2 atom stereocenters. The van der Waals surface area contributed by atoms with Crippen molar-refractivity contribution < 1.29 is 19.0 Å². The second kappa shape index (κ2) is 6.31. The summed E-state index contributed by atoms with van der Waals surface area (Å²) in [4.78, 5) is 12.7. The smallest absolute Gasteiger partial charge is 0.265 e. The molecule has 2 aromatic carbocycles. The molecule has 1 amide bonds. The average molecular weight is 339 g/mol. The van der Waals surface area contributed by atoms with Gasteiger partial charge in [0.2, 0.25) is 0 Å². The van der Waals surface area contributed by atoms with Gasteiger partial charge in [0, 0.05) is 24.5 Å². The minimum Gasteiger partial charge on any atom is -0.492 e. The number of anilines is 1. The van der Waals surface area contributed by atoms with E-state index in [4.69, 9.17) is 14.2 Å². The van der Waals surface area contributed by atoms with Crippen LogP contribution < -0.4 is 19.5 Å². The number of hydrogen-bond donors (Lipinski definition) is 1. The van der Waals surface area contributed by atoms with Crippen molar-refractivity contribution >= 4 is 11.6 Å². The van der Waals surface area contributed by atoms with Gasteiger partial charge in [-0.2, -0.15) is 0 Å². The van der Waals surface area contributed by atoms with Crippen molar-refractivity contribution in [3.8, 4) is 17.2 Å². The first-order valence-electron chi connectivity index (χ1n) is 8.66. The third-order valence-electron chi connectivity index (χ3n) is 4.50. The highest BCUT2D eigenvalue weighted by molar-refractivity contribution is 5.96. The second-order valence-electron chi connectivity index (χ2n) is 6.43. The first-order chi connectivity index (χ1) is 12.1. The number of rotatable bonds is 4. The van der Waals surface area contributed by atoms with Crippen molar-refractivity contribution in [2.45, 2.75) is 38.9 Å². The van der Waals surface area contributed by atoms with Gasteiger partial charge >= 0.3 is 0 Å². The normalized spacial score (nSPS) is 20.2. The highest BCUT2D eigenvalue weighted by Crippen LogP contribution is 2.38. The van der Waals surface area contributed by atoms with E-state index in [2.05, 4.69) is 5.32 Å². The van der Waals surface area contributed by atoms with Crippen molar-refractivity contribution in [2.24, 2.45) is 0 Å². The van der Waals surface area contributed by atoms with Crippen molar-refractivity contribution in [1.29, 1.82) is 0 Å². The van der Waals surface area contributed by atoms with E-state index in [0.717, 1.165) is 29.0 Å². The van der Waals surface area contributed by atoms with Gasteiger partial charge in [-0.25, -0.2) is 0 Å². The molecule has 5 heteroatoms. The molecule has 0 radical (unpaired) electrons. The zero-order valence-corrected chi connectivity index (χ0v) is 14.4. The summed E-state index contributed by atoms with van der Waals surface area (Å²) in [5.74, 6) is 2.08. The van der Waals surface area contributed by atoms with Crippen LogP contribution >= 0.6 is 0 Å². The van der Waals surface area contributed by atoms with Crippen LogP contribution in [-0.4, -0.2) is 24.7 Å². The van der Waals surface area contributed by atoms with Gasteiger partial charge in [-0.15, -0.1) is 0 Å². The van der Waals surface area contributed by atoms with E-state index in [9.17, 15) is 4.79 Å². The molecule has 0 aliphatic carbocycles. The topological polar surface area (TPSA) is 56.8 Å². The van der Waals surface area contributed by atoms with Gasteiger partial charge < -0.3 is 19.5 Å². The monoisotopic (exact) mass is 339 g/mol. The number of fused-ring (bicyclic) bond motifs is 2. The van der Waals surface area contributed by atoms with E-state index in [1.807, 2.05) is 50.2 Å². The minimum absolute atomic E-state index is 0.142. The third-order valence-corrected chi connectivity index (χ3v) is 4.50. The van der Waals surface area contributed by atoms with Crippen molar-refractivity contribution in [1.82, 2.24) is 0 Å². The highest BCUT2D eigenvalue weighted by atomic mass is 16.5. The van der Waals surface area contributed by atoms with Gasteiger partial charge in [-0.3, -0.25) is 4.79 Å². The number of nitrogens with one attached hydrogen (secondary N) is 1. The maximum Gasteiger partial charge on any atom is 0.265 e. The Morgan fingerprint density at radius 2 is 2.00 bits per heavy atom. The van der Waals surface area contributed by atoms with E-state index < -0.39 is 6.10 Å². The lowest BCUT2D eigenvalue weighted by Gasteiger charge is -2.16. The summed E-state index contributed by atoms with van der Waals surface area (Å²) in [7, 11) is 0. The lowest BCUT2D eigenvalue weighted by atomic mass is 10.1. The number of carbonyl (C=O) groups excluding carboxylic acids is 1. The second-order valence-corrected chi connectivity index (χ2v) is 6.43. The zero-order chi connectivity index (χ0) is 17.4. The molecule has 4 rings (SSSR count). The fourth-order valence-corrected chi connectivity index (χ4v) is 3.35. The molecule has 2 aromatic rings. The largest absolute Gasteiger partial charge is 0.492 e. The van der Waals surface area contributed by atoms with Crippen LogP contribution in [-0.2, 0) is 17.6 Å². The van der Waals surface area contributed by atoms with E-state index in [1.54, 1.807) is 0 Å². The van der Waals surface area contributed by atoms with Gasteiger partial charge in [0.25, 0.3) is 5.91 Å². The van der Waals surface area contributed by atoms with Crippen LogP contribution in [0.2, 0.25) is 0 Å². The van der Waals surface area contributed by atoms with E-state index in [1.165, 1.54) is 0 Å². The SMILES string of the molecule is CCOc1cc2c(cc1NC(=O)[C@@H]1Cc3ccccc3O1)O[C@H](C)C2. The zero-order valence-electron chi connectivity index (χ0n) is 14.4. The van der Waals surface area contributed by atoms with Crippen LogP contribution in [0.3, 0.4) is 0 Å². The molecule has 0 saturated carbocycles. The first kappa shape index (κ1) is 15.8. The van der Waals surface area contributed by atoms with E-state index in [0.29, 0.717) is 24.5 Å². The summed E-state index contributed by atoms with van der Waals surface area (Å²) < 4.78 is 17.3. The van der Waals surface area contributed by atoms with Gasteiger partial charge in [0.1, 0.15) is 23.4 Å². The van der Waals surface area contributed by atoms with Gasteiger partial charge in [0.05, 0.1) is 12.3 Å². The molecule has 2 heterocycles. The summed E-state index contributed by atoms with van der Waals surface area (Å²) >= 11 is 0. The summed E-state index contributed by atoms with van der Waals surface area (Å²) in [6, 6.07) is 11.5. The maximum absolute atomic E-state index is 12.7. The standard InChI is InChI=1S/C20H21NO4/c1-3-23-18-10-14-8-12(2)24-17(14)11-15(18)21-20(22)19-9-13-6-4-5-7-16(13)25-19/h4-7,10-12,19H,3,8-9H2,1-2H3,(H,21,22)/t12-,19+/m1/s1.